The van der Waals surface area contributed by atoms with Crippen molar-refractivity contribution in [1.82, 2.24) is 19.8 Å². The van der Waals surface area contributed by atoms with Crippen LogP contribution in [0, 0.1) is 0 Å². The molecule has 2 aromatic rings. The third-order valence-corrected chi connectivity index (χ3v) is 6.02. The number of nitrogens with zero attached hydrogens (tertiary/aromatic N) is 4. The van der Waals surface area contributed by atoms with Crippen molar-refractivity contribution in [3.8, 4) is 17.1 Å². The number of methoxy groups -OCH3 is 1. The first-order chi connectivity index (χ1) is 13.7. The molecule has 28 heavy (non-hydrogen) atoms. The summed E-state index contributed by atoms with van der Waals surface area (Å²) in [5.41, 5.74) is 2.05. The number of rotatable bonds is 7. The fourth-order valence-corrected chi connectivity index (χ4v) is 4.20. The zero-order chi connectivity index (χ0) is 19.5. The Balaban J connectivity index is 1.43. The molecule has 1 fully saturated rings. The van der Waals surface area contributed by atoms with Crippen molar-refractivity contribution < 1.29 is 9.53 Å². The van der Waals surface area contributed by atoms with Gasteiger partial charge in [-0.15, -0.1) is 10.2 Å². The van der Waals surface area contributed by atoms with Gasteiger partial charge in [0.25, 0.3) is 0 Å². The smallest absolute Gasteiger partial charge is 0.237 e. The number of carbonyl (C=O) groups is 1. The first-order valence-electron chi connectivity index (χ1n) is 9.66. The number of ether oxygens (including phenoxy) is 1. The molecule has 2 N–H and O–H groups in total. The van der Waals surface area contributed by atoms with Gasteiger partial charge in [-0.25, -0.2) is 4.68 Å². The van der Waals surface area contributed by atoms with E-state index in [2.05, 4.69) is 16.3 Å². The van der Waals surface area contributed by atoms with Crippen molar-refractivity contribution in [3.63, 3.8) is 0 Å². The van der Waals surface area contributed by atoms with Crippen LogP contribution in [0.1, 0.15) is 38.5 Å². The number of amides is 1. The molecular weight excluding hydrogens is 374 g/mol. The molecule has 0 atom stereocenters. The maximum Gasteiger partial charge on any atom is 0.237 e. The van der Waals surface area contributed by atoms with Crippen molar-refractivity contribution >= 4 is 17.7 Å². The Kier molecular flexibility index (Phi) is 5.57. The van der Waals surface area contributed by atoms with Gasteiger partial charge in [0.1, 0.15) is 5.75 Å². The van der Waals surface area contributed by atoms with Crippen molar-refractivity contribution in [1.29, 1.82) is 0 Å². The Bertz CT molecular complexity index is 873. The van der Waals surface area contributed by atoms with Crippen LogP contribution in [0.5, 0.6) is 5.75 Å². The van der Waals surface area contributed by atoms with E-state index in [4.69, 9.17) is 10.6 Å². The maximum atomic E-state index is 12.9. The standard InChI is InChI=1S/C20H25N5O2S/c1-27-17-11-7-14(8-12-17)19-22-23-20(25(19)21)28-13-18(26)24(16-9-10-16)15-5-3-2-4-6-15/h5,7-8,11-12,16H,2-4,6,9-10,13,21H2,1H3. The predicted octanol–water partition coefficient (Wildman–Crippen LogP) is 3.21. The van der Waals surface area contributed by atoms with E-state index in [0.29, 0.717) is 22.8 Å². The second kappa shape index (κ2) is 8.26. The van der Waals surface area contributed by atoms with E-state index in [9.17, 15) is 4.79 Å². The van der Waals surface area contributed by atoms with Gasteiger partial charge in [-0.1, -0.05) is 17.8 Å². The van der Waals surface area contributed by atoms with Gasteiger partial charge in [-0.05, 0) is 62.8 Å². The van der Waals surface area contributed by atoms with E-state index in [-0.39, 0.29) is 5.91 Å². The molecule has 7 nitrogen and oxygen atoms in total. The third kappa shape index (κ3) is 4.01. The molecule has 0 unspecified atom stereocenters. The quantitative estimate of drug-likeness (QED) is 0.568. The largest absolute Gasteiger partial charge is 0.497 e. The molecule has 0 saturated heterocycles. The Morgan fingerprint density at radius 1 is 1.29 bits per heavy atom. The second-order valence-corrected chi connectivity index (χ2v) is 8.07. The molecule has 148 valence electrons. The van der Waals surface area contributed by atoms with Crippen LogP contribution in [0.3, 0.4) is 0 Å². The van der Waals surface area contributed by atoms with Crippen LogP contribution in [-0.2, 0) is 4.79 Å². The molecule has 1 heterocycles. The number of hydrogen-bond acceptors (Lipinski definition) is 6. The van der Waals surface area contributed by atoms with E-state index in [1.54, 1.807) is 7.11 Å². The van der Waals surface area contributed by atoms with Gasteiger partial charge < -0.3 is 15.5 Å². The Hall–Kier alpha value is -2.48. The summed E-state index contributed by atoms with van der Waals surface area (Å²) in [6.45, 7) is 0. The fraction of sp³-hybridized carbons (Fsp3) is 0.450. The lowest BCUT2D eigenvalue weighted by Gasteiger charge is -2.27. The molecule has 1 aromatic carbocycles. The maximum absolute atomic E-state index is 12.9. The highest BCUT2D eigenvalue weighted by Crippen LogP contribution is 2.34. The summed E-state index contributed by atoms with van der Waals surface area (Å²) < 4.78 is 6.62. The molecule has 0 aliphatic heterocycles. The monoisotopic (exact) mass is 399 g/mol. The van der Waals surface area contributed by atoms with Crippen molar-refractivity contribution in [2.75, 3.05) is 18.7 Å². The molecule has 0 bridgehead atoms. The van der Waals surface area contributed by atoms with Crippen molar-refractivity contribution in [2.45, 2.75) is 49.7 Å². The van der Waals surface area contributed by atoms with Crippen LogP contribution >= 0.6 is 11.8 Å². The number of thioether (sulfide) groups is 1. The summed E-state index contributed by atoms with van der Waals surface area (Å²) in [5, 5.41) is 8.90. The van der Waals surface area contributed by atoms with Crippen LogP contribution in [0.2, 0.25) is 0 Å². The number of carbonyl (C=O) groups excluding carboxylic acids is 1. The zero-order valence-electron chi connectivity index (χ0n) is 16.0. The van der Waals surface area contributed by atoms with Gasteiger partial charge in [-0.3, -0.25) is 4.79 Å². The summed E-state index contributed by atoms with van der Waals surface area (Å²) in [6, 6.07) is 7.85. The lowest BCUT2D eigenvalue weighted by Crippen LogP contribution is -2.34. The predicted molar refractivity (Wildman–Crippen MR) is 109 cm³/mol. The zero-order valence-corrected chi connectivity index (χ0v) is 16.8. The first kappa shape index (κ1) is 18.9. The molecule has 2 aliphatic carbocycles. The summed E-state index contributed by atoms with van der Waals surface area (Å²) in [7, 11) is 1.63. The van der Waals surface area contributed by atoms with Gasteiger partial charge in [-0.2, -0.15) is 0 Å². The Morgan fingerprint density at radius 3 is 2.71 bits per heavy atom. The summed E-state index contributed by atoms with van der Waals surface area (Å²) in [6.07, 6.45) is 8.89. The van der Waals surface area contributed by atoms with Gasteiger partial charge in [0.15, 0.2) is 5.82 Å². The molecule has 2 aliphatic rings. The van der Waals surface area contributed by atoms with Crippen LogP contribution in [0.25, 0.3) is 11.4 Å². The van der Waals surface area contributed by atoms with E-state index in [1.165, 1.54) is 28.6 Å². The van der Waals surface area contributed by atoms with Gasteiger partial charge >= 0.3 is 0 Å². The van der Waals surface area contributed by atoms with Crippen LogP contribution in [0.4, 0.5) is 0 Å². The highest BCUT2D eigenvalue weighted by atomic mass is 32.2. The average Bonchev–Trinajstić information content (AvgIpc) is 3.49. The van der Waals surface area contributed by atoms with E-state index in [1.807, 2.05) is 29.2 Å². The van der Waals surface area contributed by atoms with Crippen LogP contribution in [0.15, 0.2) is 41.2 Å². The number of hydrogen-bond donors (Lipinski definition) is 1. The van der Waals surface area contributed by atoms with E-state index < -0.39 is 0 Å². The SMILES string of the molecule is COc1ccc(-c2nnc(SCC(=O)N(C3=CCCCC3)C3CC3)n2N)cc1. The summed E-state index contributed by atoms with van der Waals surface area (Å²) in [5.74, 6) is 7.96. The van der Waals surface area contributed by atoms with Crippen LogP contribution in [-0.4, -0.2) is 44.6 Å². The minimum atomic E-state index is 0.134. The molecule has 8 heteroatoms. The highest BCUT2D eigenvalue weighted by molar-refractivity contribution is 7.99. The lowest BCUT2D eigenvalue weighted by atomic mass is 10.0. The van der Waals surface area contributed by atoms with Crippen LogP contribution < -0.4 is 10.6 Å². The number of allylic oxidation sites excluding steroid dienone is 2. The minimum Gasteiger partial charge on any atom is -0.497 e. The fourth-order valence-electron chi connectivity index (χ4n) is 3.48. The first-order valence-corrected chi connectivity index (χ1v) is 10.6. The van der Waals surface area contributed by atoms with E-state index in [0.717, 1.165) is 43.4 Å². The summed E-state index contributed by atoms with van der Waals surface area (Å²) in [4.78, 5) is 14.9. The summed E-state index contributed by atoms with van der Waals surface area (Å²) >= 11 is 1.34. The molecular formula is C20H25N5O2S. The average molecular weight is 400 g/mol. The second-order valence-electron chi connectivity index (χ2n) is 7.13. The Labute approximate surface area is 168 Å². The molecule has 1 amide bonds. The third-order valence-electron chi connectivity index (χ3n) is 5.09. The molecule has 1 saturated carbocycles. The highest BCUT2D eigenvalue weighted by Gasteiger charge is 2.35. The van der Waals surface area contributed by atoms with Gasteiger partial charge in [0.2, 0.25) is 11.1 Å². The van der Waals surface area contributed by atoms with E-state index >= 15 is 0 Å². The number of aromatic nitrogens is 3. The normalized spacial score (nSPS) is 16.5. The van der Waals surface area contributed by atoms with Gasteiger partial charge in [0, 0.05) is 17.3 Å². The molecule has 4 rings (SSSR count). The molecule has 0 radical (unpaired) electrons. The topological polar surface area (TPSA) is 86.3 Å². The lowest BCUT2D eigenvalue weighted by molar-refractivity contribution is -0.127. The minimum absolute atomic E-state index is 0.134. The van der Waals surface area contributed by atoms with Crippen molar-refractivity contribution in [2.24, 2.45) is 0 Å². The Morgan fingerprint density at radius 2 is 2.07 bits per heavy atom. The number of nitrogen functional groups attached to an aromatic ring is 1. The number of nitrogens with two attached hydrogens (primary N) is 1. The van der Waals surface area contributed by atoms with Gasteiger partial charge in [0.05, 0.1) is 12.9 Å². The van der Waals surface area contributed by atoms with Crippen molar-refractivity contribution in [3.05, 3.63) is 36.0 Å². The molecule has 1 aromatic heterocycles. The number of benzene rings is 1. The molecule has 0 spiro atoms.